The fourth-order valence-electron chi connectivity index (χ4n) is 4.97. The Morgan fingerprint density at radius 1 is 0.930 bits per heavy atom. The number of rotatable bonds is 5. The van der Waals surface area contributed by atoms with Gasteiger partial charge in [-0.25, -0.2) is 15.0 Å². The number of hydrogen-bond donors (Lipinski definition) is 2. The molecule has 4 heterocycles. The molecule has 6 rings (SSSR count). The summed E-state index contributed by atoms with van der Waals surface area (Å²) in [4.78, 5) is 30.5. The van der Waals surface area contributed by atoms with Gasteiger partial charge >= 0.3 is 6.18 Å². The van der Waals surface area contributed by atoms with E-state index in [1.54, 1.807) is 44.4 Å². The zero-order valence-electron chi connectivity index (χ0n) is 23.3. The molecule has 0 aliphatic rings. The number of imidazole rings is 1. The Labute approximate surface area is 243 Å². The molecule has 0 bridgehead atoms. The summed E-state index contributed by atoms with van der Waals surface area (Å²) in [5.41, 5.74) is 9.11. The number of hydrogen-bond acceptors (Lipinski definition) is 6. The molecule has 0 aliphatic heterocycles. The lowest BCUT2D eigenvalue weighted by molar-refractivity contribution is -0.137. The Morgan fingerprint density at radius 3 is 2.47 bits per heavy atom. The average molecular weight is 583 g/mol. The van der Waals surface area contributed by atoms with E-state index in [1.807, 2.05) is 35.9 Å². The highest BCUT2D eigenvalue weighted by molar-refractivity contribution is 6.05. The minimum absolute atomic E-state index is 0.140. The number of carbonyl (C=O) groups is 1. The molecule has 0 aliphatic carbocycles. The number of nitrogen functional groups attached to an aromatic ring is 1. The van der Waals surface area contributed by atoms with Gasteiger partial charge in [0.2, 0.25) is 0 Å². The lowest BCUT2D eigenvalue weighted by Gasteiger charge is -2.15. The molecule has 0 atom stereocenters. The maximum Gasteiger partial charge on any atom is 0.416 e. The number of benzene rings is 2. The van der Waals surface area contributed by atoms with Gasteiger partial charge < -0.3 is 20.2 Å². The number of aromatic nitrogens is 6. The number of anilines is 2. The Hall–Kier alpha value is -5.52. The molecule has 0 unspecified atom stereocenters. The van der Waals surface area contributed by atoms with Crippen molar-refractivity contribution in [3.63, 3.8) is 0 Å². The number of alkyl halides is 3. The van der Waals surface area contributed by atoms with Crippen LogP contribution in [0.3, 0.4) is 0 Å². The van der Waals surface area contributed by atoms with Crippen molar-refractivity contribution in [1.29, 1.82) is 0 Å². The second kappa shape index (κ2) is 10.4. The summed E-state index contributed by atoms with van der Waals surface area (Å²) in [5.74, 6) is 0.753. The number of nitrogens with zero attached hydrogens (tertiary/aromatic N) is 6. The van der Waals surface area contributed by atoms with E-state index in [-0.39, 0.29) is 11.3 Å². The van der Waals surface area contributed by atoms with Crippen molar-refractivity contribution in [2.75, 3.05) is 11.1 Å². The lowest BCUT2D eigenvalue weighted by Crippen LogP contribution is -2.15. The predicted octanol–water partition coefficient (Wildman–Crippen LogP) is 6.45. The number of amides is 1. The van der Waals surface area contributed by atoms with Crippen LogP contribution in [-0.4, -0.2) is 35.0 Å². The number of nitrogens with one attached hydrogen (secondary N) is 1. The van der Waals surface area contributed by atoms with Gasteiger partial charge in [0.25, 0.3) is 5.91 Å². The summed E-state index contributed by atoms with van der Waals surface area (Å²) in [5, 5.41) is 3.63. The van der Waals surface area contributed by atoms with Crippen molar-refractivity contribution in [2.24, 2.45) is 0 Å². The van der Waals surface area contributed by atoms with Crippen LogP contribution in [0.5, 0.6) is 0 Å². The molecule has 6 aromatic rings. The summed E-state index contributed by atoms with van der Waals surface area (Å²) < 4.78 is 44.8. The highest BCUT2D eigenvalue weighted by atomic mass is 19.4. The highest BCUT2D eigenvalue weighted by Gasteiger charge is 2.32. The average Bonchev–Trinajstić information content (AvgIpc) is 3.55. The number of fused-ring (bicyclic) bond motifs is 1. The van der Waals surface area contributed by atoms with E-state index in [0.29, 0.717) is 34.5 Å². The van der Waals surface area contributed by atoms with Gasteiger partial charge in [-0.3, -0.25) is 9.78 Å². The first-order valence-electron chi connectivity index (χ1n) is 13.2. The van der Waals surface area contributed by atoms with Gasteiger partial charge in [-0.1, -0.05) is 6.07 Å². The van der Waals surface area contributed by atoms with Crippen LogP contribution in [0.4, 0.5) is 24.7 Å². The quantitative estimate of drug-likeness (QED) is 0.241. The smallest absolute Gasteiger partial charge is 0.384 e. The van der Waals surface area contributed by atoms with Crippen molar-refractivity contribution in [3.05, 3.63) is 108 Å². The second-order valence-corrected chi connectivity index (χ2v) is 10.2. The van der Waals surface area contributed by atoms with Crippen LogP contribution in [-0.2, 0) is 6.18 Å². The predicted molar refractivity (Wildman–Crippen MR) is 157 cm³/mol. The molecule has 2 aromatic carbocycles. The molecule has 0 saturated carbocycles. The van der Waals surface area contributed by atoms with Crippen LogP contribution in [0.1, 0.15) is 33.0 Å². The van der Waals surface area contributed by atoms with Crippen LogP contribution in [0.25, 0.3) is 33.7 Å². The van der Waals surface area contributed by atoms with Gasteiger partial charge in [-0.05, 0) is 68.8 Å². The van der Waals surface area contributed by atoms with Crippen molar-refractivity contribution in [3.8, 4) is 22.8 Å². The van der Waals surface area contributed by atoms with E-state index >= 15 is 0 Å². The van der Waals surface area contributed by atoms with Gasteiger partial charge in [-0.15, -0.1) is 0 Å². The standard InChI is InChI=1S/C31H25F3N8O/c1-17-4-5-23(11-25(17)26-12-27-20(14-36-26)6-7-41(27)29-13-28(35)37-16-38-29)40-30(43)21-8-22(31(32,33)34)10-24(9-21)42-15-18(2)39-19(42)3/h4-16H,1-3H3,(H,40,43)(H2,35,37,38). The monoisotopic (exact) mass is 582 g/mol. The van der Waals surface area contributed by atoms with Crippen LogP contribution < -0.4 is 11.1 Å². The van der Waals surface area contributed by atoms with E-state index in [4.69, 9.17) is 5.73 Å². The SMILES string of the molecule is Cc1cn(-c2cc(C(=O)Nc3ccc(C)c(-c4cc5c(ccn5-c5cc(N)ncn5)cn4)c3)cc(C(F)(F)F)c2)c(C)n1. The van der Waals surface area contributed by atoms with E-state index in [9.17, 15) is 18.0 Å². The number of nitrogens with two attached hydrogens (primary N) is 1. The third-order valence-corrected chi connectivity index (χ3v) is 7.05. The maximum atomic E-state index is 13.8. The minimum Gasteiger partial charge on any atom is -0.384 e. The molecule has 43 heavy (non-hydrogen) atoms. The summed E-state index contributed by atoms with van der Waals surface area (Å²) in [6, 6.07) is 14.0. The Morgan fingerprint density at radius 2 is 1.74 bits per heavy atom. The third-order valence-electron chi connectivity index (χ3n) is 7.05. The largest absolute Gasteiger partial charge is 0.416 e. The maximum absolute atomic E-state index is 13.8. The topological polar surface area (TPSA) is 117 Å². The molecule has 3 N–H and O–H groups in total. The second-order valence-electron chi connectivity index (χ2n) is 10.2. The Bertz CT molecular complexity index is 2030. The van der Waals surface area contributed by atoms with Crippen molar-refractivity contribution < 1.29 is 18.0 Å². The number of aryl methyl sites for hydroxylation is 3. The third kappa shape index (κ3) is 5.42. The first-order chi connectivity index (χ1) is 20.5. The molecule has 0 fully saturated rings. The van der Waals surface area contributed by atoms with Crippen LogP contribution in [0, 0.1) is 20.8 Å². The van der Waals surface area contributed by atoms with Crippen LogP contribution in [0.15, 0.2) is 79.5 Å². The molecule has 12 heteroatoms. The Balaban J connectivity index is 1.35. The molecule has 0 saturated heterocycles. The summed E-state index contributed by atoms with van der Waals surface area (Å²) >= 11 is 0. The van der Waals surface area contributed by atoms with Crippen molar-refractivity contribution >= 4 is 28.3 Å². The van der Waals surface area contributed by atoms with Crippen LogP contribution >= 0.6 is 0 Å². The van der Waals surface area contributed by atoms with Gasteiger partial charge in [0, 0.05) is 52.5 Å². The molecule has 9 nitrogen and oxygen atoms in total. The van der Waals surface area contributed by atoms with E-state index in [1.165, 1.54) is 17.0 Å². The van der Waals surface area contributed by atoms with Gasteiger partial charge in [0.1, 0.15) is 23.8 Å². The number of carbonyl (C=O) groups excluding carboxylic acids is 1. The van der Waals surface area contributed by atoms with Gasteiger partial charge in [0.15, 0.2) is 0 Å². The van der Waals surface area contributed by atoms with Gasteiger partial charge in [-0.2, -0.15) is 13.2 Å². The molecular weight excluding hydrogens is 557 g/mol. The van der Waals surface area contributed by atoms with E-state index in [2.05, 4.69) is 25.3 Å². The van der Waals surface area contributed by atoms with E-state index < -0.39 is 17.6 Å². The molecular formula is C31H25F3N8O. The zero-order chi connectivity index (χ0) is 30.5. The van der Waals surface area contributed by atoms with Crippen molar-refractivity contribution in [2.45, 2.75) is 26.9 Å². The fourth-order valence-corrected chi connectivity index (χ4v) is 4.97. The molecule has 1 amide bonds. The summed E-state index contributed by atoms with van der Waals surface area (Å²) in [6.45, 7) is 5.34. The fraction of sp³-hybridized carbons (Fsp3) is 0.129. The highest BCUT2D eigenvalue weighted by Crippen LogP contribution is 2.33. The summed E-state index contributed by atoms with van der Waals surface area (Å²) in [6.07, 6.45) is 1.96. The molecule has 0 radical (unpaired) electrons. The minimum atomic E-state index is -4.65. The number of halogens is 3. The molecule has 216 valence electrons. The first kappa shape index (κ1) is 27.6. The Kier molecular flexibility index (Phi) is 6.68. The van der Waals surface area contributed by atoms with Crippen LogP contribution in [0.2, 0.25) is 0 Å². The zero-order valence-corrected chi connectivity index (χ0v) is 23.3. The molecule has 0 spiro atoms. The molecule has 4 aromatic heterocycles. The summed E-state index contributed by atoms with van der Waals surface area (Å²) in [7, 11) is 0. The first-order valence-corrected chi connectivity index (χ1v) is 13.2. The number of pyridine rings is 1. The van der Waals surface area contributed by atoms with Gasteiger partial charge in [0.05, 0.1) is 22.5 Å². The van der Waals surface area contributed by atoms with E-state index in [0.717, 1.165) is 34.2 Å². The normalized spacial score (nSPS) is 11.7. The lowest BCUT2D eigenvalue weighted by atomic mass is 10.0. The van der Waals surface area contributed by atoms with Crippen molar-refractivity contribution in [1.82, 2.24) is 29.1 Å².